The van der Waals surface area contributed by atoms with Crippen LogP contribution in [0.15, 0.2) is 29.3 Å². The lowest BCUT2D eigenvalue weighted by Gasteiger charge is -2.24. The van der Waals surface area contributed by atoms with Gasteiger partial charge in [-0.25, -0.2) is 17.7 Å². The third-order valence-electron chi connectivity index (χ3n) is 3.94. The fourth-order valence-electron chi connectivity index (χ4n) is 2.49. The Morgan fingerprint density at radius 2 is 1.88 bits per heavy atom. The van der Waals surface area contributed by atoms with Crippen molar-refractivity contribution in [2.75, 3.05) is 37.4 Å². The molecule has 0 bridgehead atoms. The van der Waals surface area contributed by atoms with Crippen LogP contribution < -0.4 is 10.2 Å². The fraction of sp³-hybridized carbons (Fsp3) is 0.412. The molecule has 0 saturated carbocycles. The first-order valence-electron chi connectivity index (χ1n) is 8.26. The number of sulfonamides is 1. The Bertz CT molecular complexity index is 887. The molecular formula is C17H24N4O3S2. The molecule has 9 heteroatoms. The summed E-state index contributed by atoms with van der Waals surface area (Å²) in [4.78, 5) is 20.1. The zero-order chi connectivity index (χ0) is 19.5. The van der Waals surface area contributed by atoms with E-state index in [0.29, 0.717) is 29.5 Å². The van der Waals surface area contributed by atoms with Gasteiger partial charge in [0.2, 0.25) is 10.0 Å². The number of hydrogen-bond donors (Lipinski definition) is 1. The van der Waals surface area contributed by atoms with Gasteiger partial charge in [0, 0.05) is 43.9 Å². The molecule has 2 rings (SSSR count). The van der Waals surface area contributed by atoms with Crippen molar-refractivity contribution < 1.29 is 13.2 Å². The normalized spacial score (nSPS) is 11.6. The standard InChI is InChI=1S/C17H24N4O3S2/c1-6-21(7-2)15-9-8-13(26(23,24)20(4)5)10-14(15)16(22)19-17-18-11-12(3)25-17/h8-11H,6-7H2,1-5H3,(H,18,19,22). The summed E-state index contributed by atoms with van der Waals surface area (Å²) in [5.74, 6) is -0.378. The zero-order valence-corrected chi connectivity index (χ0v) is 17.2. The van der Waals surface area contributed by atoms with Crippen molar-refractivity contribution in [3.63, 3.8) is 0 Å². The monoisotopic (exact) mass is 396 g/mol. The van der Waals surface area contributed by atoms with Crippen LogP contribution in [-0.4, -0.2) is 50.8 Å². The van der Waals surface area contributed by atoms with Crippen molar-refractivity contribution in [1.82, 2.24) is 9.29 Å². The van der Waals surface area contributed by atoms with Crippen molar-refractivity contribution in [3.8, 4) is 0 Å². The molecule has 1 aromatic carbocycles. The summed E-state index contributed by atoms with van der Waals surface area (Å²) in [5, 5.41) is 3.25. The Hall–Kier alpha value is -1.97. The van der Waals surface area contributed by atoms with E-state index in [0.717, 1.165) is 9.18 Å². The average molecular weight is 397 g/mol. The van der Waals surface area contributed by atoms with E-state index < -0.39 is 10.0 Å². The average Bonchev–Trinajstić information content (AvgIpc) is 3.00. The topological polar surface area (TPSA) is 82.6 Å². The van der Waals surface area contributed by atoms with Crippen LogP contribution in [0.2, 0.25) is 0 Å². The highest BCUT2D eigenvalue weighted by Gasteiger charge is 2.23. The van der Waals surface area contributed by atoms with Crippen LogP contribution in [0, 0.1) is 6.92 Å². The van der Waals surface area contributed by atoms with Gasteiger partial charge >= 0.3 is 0 Å². The predicted octanol–water partition coefficient (Wildman–Crippen LogP) is 2.80. The maximum absolute atomic E-state index is 12.8. The van der Waals surface area contributed by atoms with Gasteiger partial charge in [0.05, 0.1) is 10.5 Å². The van der Waals surface area contributed by atoms with Gasteiger partial charge in [-0.15, -0.1) is 11.3 Å². The quantitative estimate of drug-likeness (QED) is 0.778. The lowest BCUT2D eigenvalue weighted by atomic mass is 10.1. The molecule has 0 atom stereocenters. The van der Waals surface area contributed by atoms with Crippen LogP contribution >= 0.6 is 11.3 Å². The number of amides is 1. The maximum atomic E-state index is 12.8. The van der Waals surface area contributed by atoms with E-state index in [9.17, 15) is 13.2 Å². The first-order chi connectivity index (χ1) is 12.2. The summed E-state index contributed by atoms with van der Waals surface area (Å²) in [7, 11) is -0.708. The van der Waals surface area contributed by atoms with Crippen LogP contribution in [0.5, 0.6) is 0 Å². The summed E-state index contributed by atoms with van der Waals surface area (Å²) in [6.45, 7) is 7.28. The molecule has 0 radical (unpaired) electrons. The van der Waals surface area contributed by atoms with Crippen LogP contribution in [-0.2, 0) is 10.0 Å². The highest BCUT2D eigenvalue weighted by Crippen LogP contribution is 2.27. The zero-order valence-electron chi connectivity index (χ0n) is 15.6. The molecule has 0 saturated heterocycles. The summed E-state index contributed by atoms with van der Waals surface area (Å²) in [6.07, 6.45) is 1.68. The molecule has 1 N–H and O–H groups in total. The summed E-state index contributed by atoms with van der Waals surface area (Å²) in [6, 6.07) is 4.65. The van der Waals surface area contributed by atoms with Crippen LogP contribution in [0.3, 0.4) is 0 Å². The molecule has 0 spiro atoms. The second kappa shape index (κ2) is 8.15. The van der Waals surface area contributed by atoms with Crippen LogP contribution in [0.1, 0.15) is 29.1 Å². The number of anilines is 2. The number of benzene rings is 1. The molecule has 1 aromatic heterocycles. The summed E-state index contributed by atoms with van der Waals surface area (Å²) >= 11 is 1.37. The fourth-order valence-corrected chi connectivity index (χ4v) is 4.07. The minimum Gasteiger partial charge on any atom is -0.371 e. The SMILES string of the molecule is CCN(CC)c1ccc(S(=O)(=O)N(C)C)cc1C(=O)Nc1ncc(C)s1. The Labute approximate surface area is 158 Å². The van der Waals surface area contributed by atoms with Gasteiger partial charge in [-0.05, 0) is 39.0 Å². The van der Waals surface area contributed by atoms with Crippen molar-refractivity contribution in [1.29, 1.82) is 0 Å². The number of thiazole rings is 1. The Balaban J connectivity index is 2.52. The lowest BCUT2D eigenvalue weighted by Crippen LogP contribution is -2.27. The van der Waals surface area contributed by atoms with Gasteiger partial charge in [0.15, 0.2) is 5.13 Å². The number of carbonyl (C=O) groups is 1. The molecule has 2 aromatic rings. The van der Waals surface area contributed by atoms with E-state index in [4.69, 9.17) is 0 Å². The number of hydrogen-bond acceptors (Lipinski definition) is 6. The van der Waals surface area contributed by atoms with Gasteiger partial charge in [-0.1, -0.05) is 0 Å². The van der Waals surface area contributed by atoms with Crippen molar-refractivity contribution in [2.24, 2.45) is 0 Å². The smallest absolute Gasteiger partial charge is 0.259 e. The van der Waals surface area contributed by atoms with E-state index in [1.807, 2.05) is 25.7 Å². The van der Waals surface area contributed by atoms with Gasteiger partial charge in [-0.2, -0.15) is 0 Å². The molecule has 7 nitrogen and oxygen atoms in total. The van der Waals surface area contributed by atoms with Crippen molar-refractivity contribution in [3.05, 3.63) is 34.8 Å². The molecule has 26 heavy (non-hydrogen) atoms. The molecular weight excluding hydrogens is 372 g/mol. The molecule has 0 aliphatic heterocycles. The Morgan fingerprint density at radius 1 is 1.23 bits per heavy atom. The minimum atomic E-state index is -3.64. The number of rotatable bonds is 7. The van der Waals surface area contributed by atoms with Gasteiger partial charge in [-0.3, -0.25) is 10.1 Å². The highest BCUT2D eigenvalue weighted by molar-refractivity contribution is 7.89. The van der Waals surface area contributed by atoms with Gasteiger partial charge in [0.1, 0.15) is 0 Å². The number of aromatic nitrogens is 1. The maximum Gasteiger partial charge on any atom is 0.259 e. The van der Waals surface area contributed by atoms with Crippen molar-refractivity contribution in [2.45, 2.75) is 25.7 Å². The third-order valence-corrected chi connectivity index (χ3v) is 6.58. The Kier molecular flexibility index (Phi) is 6.38. The Morgan fingerprint density at radius 3 is 2.38 bits per heavy atom. The molecule has 0 aliphatic rings. The van der Waals surface area contributed by atoms with Crippen molar-refractivity contribution >= 4 is 38.1 Å². The number of nitrogens with zero attached hydrogens (tertiary/aromatic N) is 3. The molecule has 142 valence electrons. The minimum absolute atomic E-state index is 0.0823. The molecule has 1 amide bonds. The summed E-state index contributed by atoms with van der Waals surface area (Å²) in [5.41, 5.74) is 1.00. The van der Waals surface area contributed by atoms with Crippen LogP contribution in [0.4, 0.5) is 10.8 Å². The van der Waals surface area contributed by atoms with E-state index in [2.05, 4.69) is 10.3 Å². The molecule has 1 heterocycles. The first kappa shape index (κ1) is 20.3. The molecule has 0 fully saturated rings. The second-order valence-corrected chi connectivity index (χ2v) is 9.26. The van der Waals surface area contributed by atoms with E-state index in [-0.39, 0.29) is 10.8 Å². The predicted molar refractivity (Wildman–Crippen MR) is 106 cm³/mol. The number of carbonyl (C=O) groups excluding carboxylic acids is 1. The third kappa shape index (κ3) is 4.22. The number of nitrogens with one attached hydrogen (secondary N) is 1. The lowest BCUT2D eigenvalue weighted by molar-refractivity contribution is 0.102. The van der Waals surface area contributed by atoms with E-state index >= 15 is 0 Å². The highest BCUT2D eigenvalue weighted by atomic mass is 32.2. The molecule has 0 unspecified atom stereocenters. The number of aryl methyl sites for hydroxylation is 1. The molecule has 0 aliphatic carbocycles. The second-order valence-electron chi connectivity index (χ2n) is 5.87. The largest absolute Gasteiger partial charge is 0.371 e. The summed E-state index contributed by atoms with van der Waals surface area (Å²) < 4.78 is 26.0. The van der Waals surface area contributed by atoms with E-state index in [1.54, 1.807) is 12.3 Å². The van der Waals surface area contributed by atoms with Gasteiger partial charge in [0.25, 0.3) is 5.91 Å². The van der Waals surface area contributed by atoms with E-state index in [1.165, 1.54) is 37.6 Å². The first-order valence-corrected chi connectivity index (χ1v) is 10.5. The van der Waals surface area contributed by atoms with Crippen LogP contribution in [0.25, 0.3) is 0 Å². The van der Waals surface area contributed by atoms with Gasteiger partial charge < -0.3 is 4.90 Å².